The number of aliphatic hydroxyl groups excluding tert-OH is 1. The number of benzene rings is 1. The maximum absolute atomic E-state index is 10.5. The van der Waals surface area contributed by atoms with Gasteiger partial charge >= 0.3 is 0 Å². The van der Waals surface area contributed by atoms with Crippen molar-refractivity contribution in [3.63, 3.8) is 0 Å². The van der Waals surface area contributed by atoms with E-state index in [1.54, 1.807) is 0 Å². The van der Waals surface area contributed by atoms with Gasteiger partial charge in [-0.3, -0.25) is 4.90 Å². The maximum Gasteiger partial charge on any atom is 0.176 e. The lowest BCUT2D eigenvalue weighted by Gasteiger charge is -2.40. The third-order valence-corrected chi connectivity index (χ3v) is 6.18. The topological polar surface area (TPSA) is 45.8 Å². The second-order valence-electron chi connectivity index (χ2n) is 8.13. The molecule has 0 unspecified atom stereocenters. The van der Waals surface area contributed by atoms with Gasteiger partial charge in [0.05, 0.1) is 0 Å². The van der Waals surface area contributed by atoms with Crippen molar-refractivity contribution in [3.8, 4) is 5.75 Å². The molecule has 2 aromatic rings. The lowest BCUT2D eigenvalue weighted by molar-refractivity contribution is 0.0210. The van der Waals surface area contributed by atoms with E-state index in [1.807, 2.05) is 12.1 Å². The molecule has 1 N–H and O–H groups in total. The number of furan rings is 1. The van der Waals surface area contributed by atoms with Gasteiger partial charge in [0, 0.05) is 36.0 Å². The van der Waals surface area contributed by atoms with Crippen molar-refractivity contribution in [2.24, 2.45) is 0 Å². The predicted molar refractivity (Wildman–Crippen MR) is 104 cm³/mol. The van der Waals surface area contributed by atoms with Crippen molar-refractivity contribution in [3.05, 3.63) is 29.5 Å². The molecule has 0 spiro atoms. The standard InChI is InChI=1S/C22H31NO3/c1-15-7-5-8-16(2)23(15)13-17(24)14-25-21-12-6-10-19-18-9-3-4-11-20(18)26-22(19)21/h6,10,12,15-17,24H,3-5,7-9,11,13-14H2,1-2H3/t15-,16-,17-/m0/s1. The fourth-order valence-electron chi connectivity index (χ4n) is 4.69. The van der Waals surface area contributed by atoms with E-state index in [4.69, 9.17) is 9.15 Å². The highest BCUT2D eigenvalue weighted by atomic mass is 16.5. The molecule has 1 fully saturated rings. The second kappa shape index (κ2) is 7.61. The minimum Gasteiger partial charge on any atom is -0.487 e. The SMILES string of the molecule is C[C@H]1CCC[C@H](C)N1C[C@H](O)COc1cccc2c3c(oc12)CCCC3. The summed E-state index contributed by atoms with van der Waals surface area (Å²) in [6.45, 7) is 5.50. The molecular weight excluding hydrogens is 326 g/mol. The fourth-order valence-corrected chi connectivity index (χ4v) is 4.69. The Hall–Kier alpha value is -1.52. The molecule has 4 rings (SSSR count). The summed E-state index contributed by atoms with van der Waals surface area (Å²) in [6.07, 6.45) is 7.79. The number of β-amino-alcohol motifs (C(OH)–C–C–N with tert-alkyl or cyclic N) is 1. The normalized spacial score (nSPS) is 25.2. The van der Waals surface area contributed by atoms with Gasteiger partial charge in [-0.1, -0.05) is 18.6 Å². The smallest absolute Gasteiger partial charge is 0.176 e. The number of aliphatic hydroxyl groups is 1. The summed E-state index contributed by atoms with van der Waals surface area (Å²) in [5.74, 6) is 1.88. The molecule has 26 heavy (non-hydrogen) atoms. The third kappa shape index (κ3) is 3.49. The minimum atomic E-state index is -0.488. The maximum atomic E-state index is 10.5. The fraction of sp³-hybridized carbons (Fsp3) is 0.636. The lowest BCUT2D eigenvalue weighted by Crippen LogP contribution is -2.48. The number of hydrogen-bond donors (Lipinski definition) is 1. The van der Waals surface area contributed by atoms with Crippen molar-refractivity contribution in [1.29, 1.82) is 0 Å². The third-order valence-electron chi connectivity index (χ3n) is 6.18. The lowest BCUT2D eigenvalue weighted by atomic mass is 9.96. The van der Waals surface area contributed by atoms with Gasteiger partial charge in [0.1, 0.15) is 18.5 Å². The highest BCUT2D eigenvalue weighted by Crippen LogP contribution is 2.36. The number of ether oxygens (including phenoxy) is 1. The minimum absolute atomic E-state index is 0.306. The Bertz CT molecular complexity index is 743. The van der Waals surface area contributed by atoms with E-state index in [9.17, 15) is 5.11 Å². The van der Waals surface area contributed by atoms with Crippen LogP contribution in [0.4, 0.5) is 0 Å². The number of piperidine rings is 1. The number of fused-ring (bicyclic) bond motifs is 3. The van der Waals surface area contributed by atoms with Gasteiger partial charge in [-0.25, -0.2) is 0 Å². The average molecular weight is 357 g/mol. The van der Waals surface area contributed by atoms with Gasteiger partial charge in [-0.2, -0.15) is 0 Å². The molecular formula is C22H31NO3. The van der Waals surface area contributed by atoms with E-state index >= 15 is 0 Å². The molecule has 1 aliphatic heterocycles. The Morgan fingerprint density at radius 1 is 1.15 bits per heavy atom. The van der Waals surface area contributed by atoms with E-state index in [-0.39, 0.29) is 0 Å². The van der Waals surface area contributed by atoms with Crippen molar-refractivity contribution in [2.75, 3.05) is 13.2 Å². The summed E-state index contributed by atoms with van der Waals surface area (Å²) in [5.41, 5.74) is 2.21. The first-order valence-electron chi connectivity index (χ1n) is 10.2. The molecule has 0 saturated carbocycles. The Morgan fingerprint density at radius 2 is 1.92 bits per heavy atom. The number of nitrogens with zero attached hydrogens (tertiary/aromatic N) is 1. The van der Waals surface area contributed by atoms with Crippen LogP contribution in [0, 0.1) is 0 Å². The van der Waals surface area contributed by atoms with Gasteiger partial charge in [0.2, 0.25) is 0 Å². The van der Waals surface area contributed by atoms with E-state index in [0.717, 1.165) is 29.9 Å². The Morgan fingerprint density at radius 3 is 2.73 bits per heavy atom. The summed E-state index contributed by atoms with van der Waals surface area (Å²) in [6, 6.07) is 7.19. The Balaban J connectivity index is 1.43. The number of rotatable bonds is 5. The molecule has 1 aliphatic carbocycles. The number of para-hydroxylation sites is 1. The highest BCUT2D eigenvalue weighted by Gasteiger charge is 2.27. The zero-order chi connectivity index (χ0) is 18.1. The van der Waals surface area contributed by atoms with Crippen molar-refractivity contribution in [1.82, 2.24) is 4.90 Å². The molecule has 0 radical (unpaired) electrons. The van der Waals surface area contributed by atoms with Crippen LogP contribution in [0.25, 0.3) is 11.0 Å². The van der Waals surface area contributed by atoms with Gasteiger partial charge in [0.25, 0.3) is 0 Å². The first-order valence-corrected chi connectivity index (χ1v) is 10.2. The zero-order valence-electron chi connectivity index (χ0n) is 16.0. The van der Waals surface area contributed by atoms with Crippen molar-refractivity contribution in [2.45, 2.75) is 77.0 Å². The molecule has 4 heteroatoms. The van der Waals surface area contributed by atoms with Crippen molar-refractivity contribution >= 4 is 11.0 Å². The largest absolute Gasteiger partial charge is 0.487 e. The number of aryl methyl sites for hydroxylation is 2. The van der Waals surface area contributed by atoms with Crippen LogP contribution in [-0.2, 0) is 12.8 Å². The molecule has 2 aliphatic rings. The van der Waals surface area contributed by atoms with Crippen molar-refractivity contribution < 1.29 is 14.3 Å². The van der Waals surface area contributed by atoms with Gasteiger partial charge < -0.3 is 14.3 Å². The summed E-state index contributed by atoms with van der Waals surface area (Å²) in [5, 5.41) is 11.7. The van der Waals surface area contributed by atoms with E-state index in [1.165, 1.54) is 43.1 Å². The molecule has 1 aromatic carbocycles. The first kappa shape index (κ1) is 17.9. The molecule has 3 atom stereocenters. The van der Waals surface area contributed by atoms with Gasteiger partial charge in [-0.05, 0) is 52.0 Å². The number of likely N-dealkylation sites (tertiary alicyclic amines) is 1. The van der Waals surface area contributed by atoms with Crippen LogP contribution in [0.2, 0.25) is 0 Å². The molecule has 142 valence electrons. The van der Waals surface area contributed by atoms with Crippen LogP contribution < -0.4 is 4.74 Å². The monoisotopic (exact) mass is 357 g/mol. The van der Waals surface area contributed by atoms with E-state index in [2.05, 4.69) is 24.8 Å². The molecule has 4 nitrogen and oxygen atoms in total. The molecule has 1 aromatic heterocycles. The van der Waals surface area contributed by atoms with Crippen LogP contribution in [-0.4, -0.2) is 41.3 Å². The first-order chi connectivity index (χ1) is 12.6. The quantitative estimate of drug-likeness (QED) is 0.866. The van der Waals surface area contributed by atoms with Gasteiger partial charge in [0.15, 0.2) is 11.3 Å². The van der Waals surface area contributed by atoms with Crippen LogP contribution in [0.3, 0.4) is 0 Å². The molecule has 0 amide bonds. The summed E-state index contributed by atoms with van der Waals surface area (Å²) in [7, 11) is 0. The highest BCUT2D eigenvalue weighted by molar-refractivity contribution is 5.87. The summed E-state index contributed by atoms with van der Waals surface area (Å²) in [4.78, 5) is 2.42. The number of hydrogen-bond acceptors (Lipinski definition) is 4. The van der Waals surface area contributed by atoms with E-state index < -0.39 is 6.10 Å². The zero-order valence-corrected chi connectivity index (χ0v) is 16.0. The van der Waals surface area contributed by atoms with Crippen LogP contribution in [0.5, 0.6) is 5.75 Å². The molecule has 0 bridgehead atoms. The Labute approximate surface area is 156 Å². The summed E-state index contributed by atoms with van der Waals surface area (Å²) < 4.78 is 12.1. The summed E-state index contributed by atoms with van der Waals surface area (Å²) >= 11 is 0. The average Bonchev–Trinajstić information content (AvgIpc) is 3.02. The Kier molecular flexibility index (Phi) is 5.23. The van der Waals surface area contributed by atoms with Crippen LogP contribution in [0.15, 0.2) is 22.6 Å². The van der Waals surface area contributed by atoms with Gasteiger partial charge in [-0.15, -0.1) is 0 Å². The van der Waals surface area contributed by atoms with E-state index in [0.29, 0.717) is 25.2 Å². The predicted octanol–water partition coefficient (Wildman–Crippen LogP) is 4.31. The van der Waals surface area contributed by atoms with Crippen LogP contribution >= 0.6 is 0 Å². The molecule has 1 saturated heterocycles. The molecule has 2 heterocycles. The van der Waals surface area contributed by atoms with Crippen LogP contribution in [0.1, 0.15) is 57.3 Å². The second-order valence-corrected chi connectivity index (χ2v) is 8.13.